The molecule has 0 radical (unpaired) electrons. The minimum Gasteiger partial charge on any atom is -0.467 e. The number of halogens is 6. The Morgan fingerprint density at radius 2 is 1.56 bits per heavy atom. The van der Waals surface area contributed by atoms with E-state index >= 15 is 0 Å². The van der Waals surface area contributed by atoms with Crippen molar-refractivity contribution < 1.29 is 50.6 Å². The molecule has 1 aromatic heterocycles. The summed E-state index contributed by atoms with van der Waals surface area (Å²) in [7, 11) is 1.10. The van der Waals surface area contributed by atoms with Crippen molar-refractivity contribution in [1.82, 2.24) is 30.9 Å². The Hall–Kier alpha value is -5.33. The summed E-state index contributed by atoms with van der Waals surface area (Å²) in [5.74, 6) is -6.55. The van der Waals surface area contributed by atoms with Crippen LogP contribution in [0.25, 0.3) is 0 Å². The number of ether oxygens (including phenoxy) is 2. The lowest BCUT2D eigenvalue weighted by Gasteiger charge is -2.28. The summed E-state index contributed by atoms with van der Waals surface area (Å²) in [6, 6.07) is 10.4. The van der Waals surface area contributed by atoms with Crippen LogP contribution in [0.1, 0.15) is 60.9 Å². The third kappa shape index (κ3) is 11.3. The molecular formula is C34H36ClF5N8O6. The number of carbonyl (C=O) groups excluding carboxylic acids is 4. The zero-order valence-corrected chi connectivity index (χ0v) is 29.5. The van der Waals surface area contributed by atoms with Gasteiger partial charge in [0, 0.05) is 41.7 Å². The number of esters is 1. The number of methoxy groups -OCH3 is 1. The summed E-state index contributed by atoms with van der Waals surface area (Å²) in [5.41, 5.74) is 0.739. The van der Waals surface area contributed by atoms with Crippen molar-refractivity contribution in [2.45, 2.75) is 74.7 Å². The number of hydrogen-bond donors (Lipinski definition) is 5. The topological polar surface area (TPSA) is 186 Å². The van der Waals surface area contributed by atoms with Gasteiger partial charge in [-0.15, -0.1) is 0 Å². The van der Waals surface area contributed by atoms with E-state index in [1.807, 2.05) is 12.1 Å². The first-order valence-electron chi connectivity index (χ1n) is 16.8. The van der Waals surface area contributed by atoms with Gasteiger partial charge in [-0.1, -0.05) is 23.7 Å². The van der Waals surface area contributed by atoms with Gasteiger partial charge in [0.25, 0.3) is 5.91 Å². The van der Waals surface area contributed by atoms with E-state index in [9.17, 15) is 41.1 Å². The largest absolute Gasteiger partial charge is 0.467 e. The maximum Gasteiger partial charge on any atom is 0.422 e. The third-order valence-electron chi connectivity index (χ3n) is 8.65. The van der Waals surface area contributed by atoms with Crippen LogP contribution in [-0.4, -0.2) is 83.1 Å². The van der Waals surface area contributed by atoms with Gasteiger partial charge in [-0.25, -0.2) is 13.6 Å². The summed E-state index contributed by atoms with van der Waals surface area (Å²) < 4.78 is 75.1. The van der Waals surface area contributed by atoms with Crippen LogP contribution in [0.5, 0.6) is 6.01 Å². The van der Waals surface area contributed by atoms with Gasteiger partial charge in [0.1, 0.15) is 6.04 Å². The average Bonchev–Trinajstić information content (AvgIpc) is 3.91. The molecule has 54 heavy (non-hydrogen) atoms. The second-order valence-corrected chi connectivity index (χ2v) is 13.2. The zero-order chi connectivity index (χ0) is 39.1. The minimum atomic E-state index is -4.65. The Morgan fingerprint density at radius 3 is 2.17 bits per heavy atom. The maximum atomic E-state index is 13.4. The van der Waals surface area contributed by atoms with Crippen LogP contribution >= 0.6 is 11.6 Å². The van der Waals surface area contributed by atoms with Gasteiger partial charge >= 0.3 is 30.0 Å². The van der Waals surface area contributed by atoms with Crippen molar-refractivity contribution in [2.24, 2.45) is 0 Å². The molecule has 0 bridgehead atoms. The molecule has 5 N–H and O–H groups in total. The smallest absolute Gasteiger partial charge is 0.422 e. The number of aromatic nitrogens is 3. The minimum absolute atomic E-state index is 0.0308. The normalized spacial score (nSPS) is 16.6. The highest BCUT2D eigenvalue weighted by molar-refractivity contribution is 6.35. The lowest BCUT2D eigenvalue weighted by Crippen LogP contribution is -2.48. The Labute approximate surface area is 310 Å². The van der Waals surface area contributed by atoms with Gasteiger partial charge in [-0.2, -0.15) is 28.1 Å². The van der Waals surface area contributed by atoms with Crippen molar-refractivity contribution in [2.75, 3.05) is 30.9 Å². The Balaban J connectivity index is 1.18. The van der Waals surface area contributed by atoms with Gasteiger partial charge in [0.15, 0.2) is 6.61 Å². The van der Waals surface area contributed by atoms with Crippen LogP contribution in [-0.2, 0) is 24.7 Å². The number of alkyl halides is 5. The van der Waals surface area contributed by atoms with Crippen LogP contribution < -0.4 is 31.3 Å². The average molecular weight is 783 g/mol. The molecule has 0 aliphatic heterocycles. The Morgan fingerprint density at radius 1 is 0.907 bits per heavy atom. The molecule has 14 nitrogen and oxygen atoms in total. The van der Waals surface area contributed by atoms with Gasteiger partial charge in [-0.05, 0) is 74.1 Å². The lowest BCUT2D eigenvalue weighted by atomic mass is 9.92. The highest BCUT2D eigenvalue weighted by Crippen LogP contribution is 2.48. The number of benzene rings is 2. The summed E-state index contributed by atoms with van der Waals surface area (Å²) in [5, 5.41) is 13.8. The third-order valence-corrected chi connectivity index (χ3v) is 8.90. The fourth-order valence-electron chi connectivity index (χ4n) is 5.59. The second kappa shape index (κ2) is 16.8. The van der Waals surface area contributed by atoms with E-state index in [-0.39, 0.29) is 43.3 Å². The molecule has 2 aliphatic carbocycles. The molecule has 290 valence electrons. The van der Waals surface area contributed by atoms with E-state index in [1.54, 1.807) is 12.1 Å². The van der Waals surface area contributed by atoms with E-state index in [0.717, 1.165) is 12.7 Å². The monoisotopic (exact) mass is 782 g/mol. The summed E-state index contributed by atoms with van der Waals surface area (Å²) in [6.45, 7) is -1.85. The van der Waals surface area contributed by atoms with Crippen LogP contribution in [0.4, 0.5) is 39.5 Å². The van der Waals surface area contributed by atoms with Gasteiger partial charge in [-0.3, -0.25) is 14.4 Å². The first-order chi connectivity index (χ1) is 25.5. The predicted molar refractivity (Wildman–Crippen MR) is 183 cm³/mol. The van der Waals surface area contributed by atoms with Gasteiger partial charge < -0.3 is 36.1 Å². The first kappa shape index (κ1) is 39.9. The molecule has 20 heteroatoms. The molecule has 2 fully saturated rings. The molecule has 0 spiro atoms. The fourth-order valence-corrected chi connectivity index (χ4v) is 5.71. The Kier molecular flexibility index (Phi) is 12.4. The van der Waals surface area contributed by atoms with Crippen molar-refractivity contribution in [3.63, 3.8) is 0 Å². The zero-order valence-electron chi connectivity index (χ0n) is 28.7. The molecule has 0 saturated heterocycles. The second-order valence-electron chi connectivity index (χ2n) is 12.8. The summed E-state index contributed by atoms with van der Waals surface area (Å²) in [4.78, 5) is 62.2. The van der Waals surface area contributed by atoms with E-state index in [4.69, 9.17) is 21.1 Å². The van der Waals surface area contributed by atoms with Crippen molar-refractivity contribution in [1.29, 1.82) is 0 Å². The van der Waals surface area contributed by atoms with Crippen molar-refractivity contribution in [3.8, 4) is 6.01 Å². The van der Waals surface area contributed by atoms with Gasteiger partial charge in [0.2, 0.25) is 17.8 Å². The lowest BCUT2D eigenvalue weighted by molar-refractivity contribution is -0.154. The molecule has 1 atom stereocenters. The molecule has 3 aromatic rings. The fraction of sp³-hybridized carbons (Fsp3) is 0.441. The molecule has 3 amide bonds. The van der Waals surface area contributed by atoms with Crippen molar-refractivity contribution >= 4 is 52.9 Å². The first-order valence-corrected chi connectivity index (χ1v) is 17.1. The van der Waals surface area contributed by atoms with Gasteiger partial charge in [0.05, 0.1) is 12.6 Å². The number of carbonyl (C=O) groups is 4. The summed E-state index contributed by atoms with van der Waals surface area (Å²) in [6.07, 6.45) is -4.14. The SMILES string of the molecule is COC(=O)[C@H](CCNC(=O)C(=O)NC1CCC(F)(F)CC1)NC(=O)c1ccc(Nc2nc(NC3(c4ccc(Cl)cc4)CC3)nc(OCC(F)(F)F)n2)cc1. The molecular weight excluding hydrogens is 747 g/mol. The standard InChI is InChI=1S/C34H36ClF5N8O6/c1-53-28(52)24(12-17-41-26(50)27(51)42-23-10-13-33(36,37)14-11-23)44-25(49)19-2-8-22(9-3-19)43-29-45-30(47-31(46-29)54-18-34(38,39)40)48-32(15-16-32)20-4-6-21(35)7-5-20/h2-9,23-24H,10-18H2,1H3,(H,41,50)(H,42,51)(H,44,49)(H2,43,45,46,47,48)/t24-/m0/s1. The van der Waals surface area contributed by atoms with Crippen LogP contribution in [0, 0.1) is 0 Å². The van der Waals surface area contributed by atoms with Crippen LogP contribution in [0.15, 0.2) is 48.5 Å². The maximum absolute atomic E-state index is 13.4. The van der Waals surface area contributed by atoms with Crippen LogP contribution in [0.3, 0.4) is 0 Å². The molecule has 2 aromatic carbocycles. The highest BCUT2D eigenvalue weighted by atomic mass is 35.5. The number of anilines is 3. The number of rotatable bonds is 14. The molecule has 2 saturated carbocycles. The van der Waals surface area contributed by atoms with E-state index in [1.165, 1.54) is 24.3 Å². The molecule has 5 rings (SSSR count). The van der Waals surface area contributed by atoms with E-state index in [0.29, 0.717) is 23.6 Å². The number of nitrogens with one attached hydrogen (secondary N) is 5. The number of nitrogens with zero attached hydrogens (tertiary/aromatic N) is 3. The Bertz CT molecular complexity index is 1820. The molecule has 1 heterocycles. The quantitative estimate of drug-likeness (QED) is 0.0861. The van der Waals surface area contributed by atoms with E-state index < -0.39 is 78.9 Å². The molecule has 0 unspecified atom stereocenters. The summed E-state index contributed by atoms with van der Waals surface area (Å²) >= 11 is 6.02. The number of amides is 3. The highest BCUT2D eigenvalue weighted by Gasteiger charge is 2.45. The predicted octanol–water partition coefficient (Wildman–Crippen LogP) is 4.78. The van der Waals surface area contributed by atoms with Crippen LogP contribution in [0.2, 0.25) is 5.02 Å². The number of hydrogen-bond acceptors (Lipinski definition) is 11. The van der Waals surface area contributed by atoms with E-state index in [2.05, 4.69) is 41.5 Å². The molecule has 2 aliphatic rings. The van der Waals surface area contributed by atoms with Crippen molar-refractivity contribution in [3.05, 3.63) is 64.7 Å².